The molecule has 1 heterocycles. The lowest BCUT2D eigenvalue weighted by Gasteiger charge is -1.96. The van der Waals surface area contributed by atoms with E-state index in [-0.39, 0.29) is 6.79 Å². The van der Waals surface area contributed by atoms with Gasteiger partial charge in [-0.1, -0.05) is 0 Å². The molecule has 12 heavy (non-hydrogen) atoms. The molecule has 3 nitrogen and oxygen atoms in total. The largest absolute Gasteiger partial charge is 0.454 e. The zero-order valence-electron chi connectivity index (χ0n) is 5.95. The van der Waals surface area contributed by atoms with Crippen molar-refractivity contribution in [2.75, 3.05) is 6.79 Å². The van der Waals surface area contributed by atoms with Crippen LogP contribution in [0.4, 0.5) is 0 Å². The highest BCUT2D eigenvalue weighted by molar-refractivity contribution is 8.08. The van der Waals surface area contributed by atoms with Gasteiger partial charge in [0.2, 0.25) is 6.79 Å². The van der Waals surface area contributed by atoms with E-state index in [1.54, 1.807) is 18.2 Å². The molecule has 0 aromatic heterocycles. The van der Waals surface area contributed by atoms with E-state index < -0.39 is 10.0 Å². The van der Waals surface area contributed by atoms with Crippen LogP contribution in [0, 0.1) is 0 Å². The van der Waals surface area contributed by atoms with Gasteiger partial charge in [-0.15, -0.1) is 0 Å². The minimum Gasteiger partial charge on any atom is -0.454 e. The highest BCUT2D eigenvalue weighted by atomic mass is 35.7. The molecule has 1 aromatic rings. The van der Waals surface area contributed by atoms with Gasteiger partial charge in [0, 0.05) is 6.07 Å². The van der Waals surface area contributed by atoms with Crippen LogP contribution in [0.2, 0.25) is 0 Å². The van der Waals surface area contributed by atoms with Crippen LogP contribution in [-0.2, 0) is 10.0 Å². The first-order valence-electron chi connectivity index (χ1n) is 3.25. The third kappa shape index (κ3) is 1.28. The van der Waals surface area contributed by atoms with Gasteiger partial charge >= 0.3 is 0 Å². The van der Waals surface area contributed by atoms with Gasteiger partial charge in [0.05, 0.1) is 4.90 Å². The van der Waals surface area contributed by atoms with Crippen molar-refractivity contribution in [2.24, 2.45) is 0 Å². The van der Waals surface area contributed by atoms with E-state index >= 15 is 0 Å². The molecule has 1 unspecified atom stereocenters. The Labute approximate surface area is 76.2 Å². The molecule has 0 radical (unpaired) electrons. The summed E-state index contributed by atoms with van der Waals surface area (Å²) in [6.45, 7) is 0.216. The maximum atomic E-state index is 10.8. The Hall–Kier alpha value is -0.740. The third-order valence-corrected chi connectivity index (χ3v) is 2.69. The van der Waals surface area contributed by atoms with Crippen molar-refractivity contribution in [1.82, 2.24) is 0 Å². The van der Waals surface area contributed by atoms with Gasteiger partial charge in [0.15, 0.2) is 11.5 Å². The molecule has 0 saturated carbocycles. The molecular weight excluding hydrogens is 200 g/mol. The van der Waals surface area contributed by atoms with Crippen molar-refractivity contribution < 1.29 is 13.7 Å². The van der Waals surface area contributed by atoms with Crippen molar-refractivity contribution in [3.63, 3.8) is 0 Å². The summed E-state index contributed by atoms with van der Waals surface area (Å²) in [5.41, 5.74) is 0. The number of hydrogen-bond donors (Lipinski definition) is 0. The Morgan fingerprint density at radius 3 is 2.83 bits per heavy atom. The summed E-state index contributed by atoms with van der Waals surface area (Å²) >= 11 is 0. The second kappa shape index (κ2) is 2.95. The molecule has 0 aliphatic carbocycles. The Balaban J connectivity index is 2.45. The number of benzene rings is 1. The summed E-state index contributed by atoms with van der Waals surface area (Å²) in [6, 6.07) is 4.96. The summed E-state index contributed by atoms with van der Waals surface area (Å²) < 4.78 is 21.0. The summed E-state index contributed by atoms with van der Waals surface area (Å²) in [6.07, 6.45) is 0. The van der Waals surface area contributed by atoms with Gasteiger partial charge in [0.25, 0.3) is 0 Å². The predicted octanol–water partition coefficient (Wildman–Crippen LogP) is 1.68. The molecule has 0 N–H and O–H groups in total. The lowest BCUT2D eigenvalue weighted by Crippen LogP contribution is -1.92. The minimum absolute atomic E-state index is 0.216. The van der Waals surface area contributed by atoms with Crippen LogP contribution in [0.3, 0.4) is 0 Å². The number of halogens is 1. The van der Waals surface area contributed by atoms with Crippen molar-refractivity contribution in [3.05, 3.63) is 18.2 Å². The molecule has 1 aliphatic heterocycles. The fourth-order valence-corrected chi connectivity index (χ4v) is 1.64. The summed E-state index contributed by atoms with van der Waals surface area (Å²) in [5.74, 6) is 1.27. The SMILES string of the molecule is O=S(Cl)c1ccc2c(c1)OCO2. The van der Waals surface area contributed by atoms with Gasteiger partial charge in [-0.05, 0) is 22.8 Å². The van der Waals surface area contributed by atoms with E-state index in [2.05, 4.69) is 0 Å². The first kappa shape index (κ1) is 7.89. The molecule has 2 rings (SSSR count). The van der Waals surface area contributed by atoms with Crippen LogP contribution in [0.5, 0.6) is 11.5 Å². The predicted molar refractivity (Wildman–Crippen MR) is 44.8 cm³/mol. The second-order valence-electron chi connectivity index (χ2n) is 2.24. The number of rotatable bonds is 1. The van der Waals surface area contributed by atoms with Crippen molar-refractivity contribution >= 4 is 20.7 Å². The molecule has 64 valence electrons. The average Bonchev–Trinajstić information content (AvgIpc) is 2.49. The molecular formula is C7H5ClO3S. The molecule has 5 heteroatoms. The Kier molecular flexibility index (Phi) is 1.94. The molecule has 1 aliphatic rings. The number of hydrogen-bond acceptors (Lipinski definition) is 3. The van der Waals surface area contributed by atoms with E-state index in [0.29, 0.717) is 16.4 Å². The molecule has 1 aromatic carbocycles. The van der Waals surface area contributed by atoms with E-state index in [4.69, 9.17) is 20.2 Å². The maximum Gasteiger partial charge on any atom is 0.231 e. The van der Waals surface area contributed by atoms with E-state index in [1.807, 2.05) is 0 Å². The topological polar surface area (TPSA) is 35.5 Å². The van der Waals surface area contributed by atoms with Crippen molar-refractivity contribution in [1.29, 1.82) is 0 Å². The van der Waals surface area contributed by atoms with Crippen LogP contribution in [-0.4, -0.2) is 11.0 Å². The molecule has 0 bridgehead atoms. The van der Waals surface area contributed by atoms with Gasteiger partial charge < -0.3 is 9.47 Å². The molecule has 0 spiro atoms. The van der Waals surface area contributed by atoms with Gasteiger partial charge in [0.1, 0.15) is 10.0 Å². The average molecular weight is 205 g/mol. The summed E-state index contributed by atoms with van der Waals surface area (Å²) in [4.78, 5) is 0.529. The first-order valence-corrected chi connectivity index (χ1v) is 5.22. The zero-order chi connectivity index (χ0) is 8.55. The lowest BCUT2D eigenvalue weighted by molar-refractivity contribution is 0.174. The molecule has 0 saturated heterocycles. The first-order chi connectivity index (χ1) is 5.77. The lowest BCUT2D eigenvalue weighted by atomic mass is 10.3. The Morgan fingerprint density at radius 2 is 2.08 bits per heavy atom. The van der Waals surface area contributed by atoms with E-state index in [0.717, 1.165) is 0 Å². The minimum atomic E-state index is -1.48. The highest BCUT2D eigenvalue weighted by Crippen LogP contribution is 2.33. The zero-order valence-corrected chi connectivity index (χ0v) is 7.52. The maximum absolute atomic E-state index is 10.8. The van der Waals surface area contributed by atoms with Crippen molar-refractivity contribution in [2.45, 2.75) is 4.90 Å². The fourth-order valence-electron chi connectivity index (χ4n) is 0.977. The normalized spacial score (nSPS) is 16.1. The quantitative estimate of drug-likeness (QED) is 0.653. The van der Waals surface area contributed by atoms with Crippen molar-refractivity contribution in [3.8, 4) is 11.5 Å². The van der Waals surface area contributed by atoms with Gasteiger partial charge in [-0.3, -0.25) is 0 Å². The standard InChI is InChI=1S/C7H5ClO3S/c8-12(9)5-1-2-6-7(3-5)11-4-10-6/h1-3H,4H2. The number of fused-ring (bicyclic) bond motifs is 1. The Morgan fingerprint density at radius 1 is 1.33 bits per heavy atom. The van der Waals surface area contributed by atoms with Gasteiger partial charge in [-0.25, -0.2) is 4.21 Å². The molecule has 1 atom stereocenters. The third-order valence-electron chi connectivity index (χ3n) is 1.53. The summed E-state index contributed by atoms with van der Waals surface area (Å²) in [7, 11) is 3.90. The van der Waals surface area contributed by atoms with Crippen LogP contribution in [0.25, 0.3) is 0 Å². The van der Waals surface area contributed by atoms with Crippen LogP contribution >= 0.6 is 10.7 Å². The summed E-state index contributed by atoms with van der Waals surface area (Å²) in [5, 5.41) is 0. The van der Waals surface area contributed by atoms with E-state index in [1.165, 1.54) is 0 Å². The van der Waals surface area contributed by atoms with Crippen LogP contribution in [0.1, 0.15) is 0 Å². The second-order valence-corrected chi connectivity index (χ2v) is 4.00. The molecule has 0 fully saturated rings. The fraction of sp³-hybridized carbons (Fsp3) is 0.143. The van der Waals surface area contributed by atoms with Crippen LogP contribution in [0.15, 0.2) is 23.1 Å². The number of ether oxygens (including phenoxy) is 2. The van der Waals surface area contributed by atoms with Crippen LogP contribution < -0.4 is 9.47 Å². The van der Waals surface area contributed by atoms with Gasteiger partial charge in [-0.2, -0.15) is 0 Å². The monoisotopic (exact) mass is 204 g/mol. The smallest absolute Gasteiger partial charge is 0.231 e. The molecule has 0 amide bonds. The Bertz CT molecular complexity index is 339. The highest BCUT2D eigenvalue weighted by Gasteiger charge is 2.14. The van der Waals surface area contributed by atoms with E-state index in [9.17, 15) is 4.21 Å².